The van der Waals surface area contributed by atoms with Crippen molar-refractivity contribution in [3.8, 4) is 0 Å². The number of hydrogen-bond acceptors (Lipinski definition) is 2. The van der Waals surface area contributed by atoms with Crippen molar-refractivity contribution in [1.82, 2.24) is 4.90 Å². The van der Waals surface area contributed by atoms with Crippen molar-refractivity contribution in [3.05, 3.63) is 11.8 Å². The third-order valence-electron chi connectivity index (χ3n) is 3.75. The van der Waals surface area contributed by atoms with Crippen molar-refractivity contribution in [1.29, 1.82) is 0 Å². The predicted molar refractivity (Wildman–Crippen MR) is 62.7 cm³/mol. The van der Waals surface area contributed by atoms with Gasteiger partial charge in [-0.2, -0.15) is 0 Å². The summed E-state index contributed by atoms with van der Waals surface area (Å²) in [5.41, 5.74) is 1.59. The molecule has 2 atom stereocenters. The van der Waals surface area contributed by atoms with Crippen LogP contribution in [0.5, 0.6) is 0 Å². The van der Waals surface area contributed by atoms with Crippen molar-refractivity contribution in [3.63, 3.8) is 0 Å². The van der Waals surface area contributed by atoms with Gasteiger partial charge in [-0.3, -0.25) is 0 Å². The Bertz CT molecular complexity index is 237. The number of allylic oxidation sites excluding steroid dienone is 2. The van der Waals surface area contributed by atoms with Gasteiger partial charge in [0, 0.05) is 19.4 Å². The van der Waals surface area contributed by atoms with Gasteiger partial charge in [0.25, 0.3) is 0 Å². The highest BCUT2D eigenvalue weighted by Gasteiger charge is 2.27. The van der Waals surface area contributed by atoms with Crippen LogP contribution in [0.4, 0.5) is 0 Å². The molecule has 86 valence electrons. The van der Waals surface area contributed by atoms with Gasteiger partial charge in [0.1, 0.15) is 0 Å². The summed E-state index contributed by atoms with van der Waals surface area (Å²) in [7, 11) is 1.81. The summed E-state index contributed by atoms with van der Waals surface area (Å²) in [5, 5.41) is 0. The van der Waals surface area contributed by atoms with Crippen molar-refractivity contribution in [2.45, 2.75) is 45.1 Å². The fourth-order valence-electron chi connectivity index (χ4n) is 2.79. The fourth-order valence-corrected chi connectivity index (χ4v) is 2.79. The van der Waals surface area contributed by atoms with E-state index in [2.05, 4.69) is 17.9 Å². The first-order valence-corrected chi connectivity index (χ1v) is 6.26. The second-order valence-electron chi connectivity index (χ2n) is 5.02. The Kier molecular flexibility index (Phi) is 3.68. The normalized spacial score (nSPS) is 31.9. The summed E-state index contributed by atoms with van der Waals surface area (Å²) in [5.74, 6) is 0.886. The minimum absolute atomic E-state index is 0.648. The molecule has 0 amide bonds. The average molecular weight is 209 g/mol. The molecule has 1 heterocycles. The largest absolute Gasteiger partial charge is 0.383 e. The minimum Gasteiger partial charge on any atom is -0.383 e. The Balaban J connectivity index is 1.97. The molecular formula is C13H23NO. The van der Waals surface area contributed by atoms with Gasteiger partial charge in [0.05, 0.1) is 12.6 Å². The first-order chi connectivity index (χ1) is 7.31. The van der Waals surface area contributed by atoms with Crippen molar-refractivity contribution >= 4 is 0 Å². The van der Waals surface area contributed by atoms with Gasteiger partial charge >= 0.3 is 0 Å². The second-order valence-corrected chi connectivity index (χ2v) is 5.02. The molecule has 2 rings (SSSR count). The van der Waals surface area contributed by atoms with Crippen LogP contribution in [0.15, 0.2) is 11.8 Å². The van der Waals surface area contributed by atoms with E-state index >= 15 is 0 Å². The quantitative estimate of drug-likeness (QED) is 0.708. The molecule has 0 aromatic rings. The number of methoxy groups -OCH3 is 1. The number of ether oxygens (including phenoxy) is 1. The molecule has 2 heteroatoms. The van der Waals surface area contributed by atoms with E-state index in [9.17, 15) is 0 Å². The smallest absolute Gasteiger partial charge is 0.0666 e. The van der Waals surface area contributed by atoms with Gasteiger partial charge < -0.3 is 9.64 Å². The van der Waals surface area contributed by atoms with Crippen molar-refractivity contribution < 1.29 is 4.74 Å². The number of rotatable bonds is 3. The van der Waals surface area contributed by atoms with Crippen LogP contribution in [0.2, 0.25) is 0 Å². The molecule has 0 aromatic carbocycles. The fraction of sp³-hybridized carbons (Fsp3) is 0.846. The lowest BCUT2D eigenvalue weighted by molar-refractivity contribution is 0.129. The monoisotopic (exact) mass is 209 g/mol. The van der Waals surface area contributed by atoms with Crippen LogP contribution in [-0.4, -0.2) is 31.2 Å². The molecule has 0 N–H and O–H groups in total. The summed E-state index contributed by atoms with van der Waals surface area (Å²) in [6.07, 6.45) is 9.01. The number of hydrogen-bond donors (Lipinski definition) is 0. The zero-order valence-electron chi connectivity index (χ0n) is 10.0. The SMILES string of the molecule is COC[C@@H]1CCCN1C1=CCC(C)CC1. The highest BCUT2D eigenvalue weighted by molar-refractivity contribution is 5.08. The van der Waals surface area contributed by atoms with E-state index < -0.39 is 0 Å². The Morgan fingerprint density at radius 3 is 3.00 bits per heavy atom. The van der Waals surface area contributed by atoms with Crippen molar-refractivity contribution in [2.75, 3.05) is 20.3 Å². The van der Waals surface area contributed by atoms with Gasteiger partial charge in [-0.05, 0) is 38.0 Å². The standard InChI is InChI=1S/C13H23NO/c1-11-5-7-12(8-6-11)14-9-3-4-13(14)10-15-2/h7,11,13H,3-6,8-10H2,1-2H3/t11?,13-/m0/s1. The molecule has 1 fully saturated rings. The van der Waals surface area contributed by atoms with E-state index in [1.165, 1.54) is 38.6 Å². The molecule has 15 heavy (non-hydrogen) atoms. The first-order valence-electron chi connectivity index (χ1n) is 6.26. The van der Waals surface area contributed by atoms with Crippen LogP contribution in [0, 0.1) is 5.92 Å². The molecular weight excluding hydrogens is 186 g/mol. The summed E-state index contributed by atoms with van der Waals surface area (Å²) in [6, 6.07) is 0.648. The predicted octanol–water partition coefficient (Wildman–Crippen LogP) is 2.80. The van der Waals surface area contributed by atoms with Gasteiger partial charge in [-0.1, -0.05) is 13.0 Å². The molecule has 0 bridgehead atoms. The number of nitrogens with zero attached hydrogens (tertiary/aromatic N) is 1. The second kappa shape index (κ2) is 5.02. The van der Waals surface area contributed by atoms with Crippen LogP contribution < -0.4 is 0 Å². The lowest BCUT2D eigenvalue weighted by Crippen LogP contribution is -2.33. The summed E-state index contributed by atoms with van der Waals surface area (Å²) >= 11 is 0. The lowest BCUT2D eigenvalue weighted by Gasteiger charge is -2.32. The lowest BCUT2D eigenvalue weighted by atomic mass is 9.93. The summed E-state index contributed by atoms with van der Waals surface area (Å²) in [4.78, 5) is 2.59. The zero-order valence-corrected chi connectivity index (χ0v) is 10.0. The molecule has 1 unspecified atom stereocenters. The maximum Gasteiger partial charge on any atom is 0.0666 e. The minimum atomic E-state index is 0.648. The third kappa shape index (κ3) is 2.54. The van der Waals surface area contributed by atoms with E-state index in [0.29, 0.717) is 6.04 Å². The molecule has 0 saturated carbocycles. The molecule has 1 saturated heterocycles. The maximum atomic E-state index is 5.30. The zero-order chi connectivity index (χ0) is 10.7. The molecule has 2 aliphatic rings. The third-order valence-corrected chi connectivity index (χ3v) is 3.75. The Morgan fingerprint density at radius 2 is 2.33 bits per heavy atom. The molecule has 0 spiro atoms. The van der Waals surface area contributed by atoms with E-state index in [4.69, 9.17) is 4.74 Å². The first kappa shape index (κ1) is 11.0. The Morgan fingerprint density at radius 1 is 1.47 bits per heavy atom. The summed E-state index contributed by atoms with van der Waals surface area (Å²) in [6.45, 7) is 4.49. The van der Waals surface area contributed by atoms with Gasteiger partial charge in [-0.25, -0.2) is 0 Å². The Labute approximate surface area is 93.3 Å². The highest BCUT2D eigenvalue weighted by atomic mass is 16.5. The van der Waals surface area contributed by atoms with Crippen LogP contribution in [0.1, 0.15) is 39.0 Å². The molecule has 1 aliphatic heterocycles. The van der Waals surface area contributed by atoms with E-state index in [1.54, 1.807) is 5.70 Å². The van der Waals surface area contributed by atoms with Crippen molar-refractivity contribution in [2.24, 2.45) is 5.92 Å². The Hall–Kier alpha value is -0.500. The van der Waals surface area contributed by atoms with Gasteiger partial charge in [0.15, 0.2) is 0 Å². The van der Waals surface area contributed by atoms with E-state index in [1.807, 2.05) is 7.11 Å². The van der Waals surface area contributed by atoms with Gasteiger partial charge in [-0.15, -0.1) is 0 Å². The van der Waals surface area contributed by atoms with E-state index in [-0.39, 0.29) is 0 Å². The van der Waals surface area contributed by atoms with Crippen LogP contribution >= 0.6 is 0 Å². The average Bonchev–Trinajstić information content (AvgIpc) is 2.68. The molecule has 2 nitrogen and oxygen atoms in total. The maximum absolute atomic E-state index is 5.30. The topological polar surface area (TPSA) is 12.5 Å². The summed E-state index contributed by atoms with van der Waals surface area (Å²) < 4.78 is 5.30. The van der Waals surface area contributed by atoms with E-state index in [0.717, 1.165) is 12.5 Å². The van der Waals surface area contributed by atoms with Crippen LogP contribution in [0.25, 0.3) is 0 Å². The van der Waals surface area contributed by atoms with Crippen LogP contribution in [0.3, 0.4) is 0 Å². The van der Waals surface area contributed by atoms with Gasteiger partial charge in [0.2, 0.25) is 0 Å². The highest BCUT2D eigenvalue weighted by Crippen LogP contribution is 2.30. The molecule has 1 aliphatic carbocycles. The van der Waals surface area contributed by atoms with Crippen LogP contribution in [-0.2, 0) is 4.74 Å². The molecule has 0 radical (unpaired) electrons. The number of likely N-dealkylation sites (tertiary alicyclic amines) is 1. The molecule has 0 aromatic heterocycles.